The monoisotopic (exact) mass is 476 g/mol. The molecule has 2 N–H and O–H groups in total. The molecule has 0 spiro atoms. The lowest BCUT2D eigenvalue weighted by molar-refractivity contribution is -0.137. The number of β-amino-alcohol motifs (C(OH)–C–C–N with tert-alkyl or cyclic N) is 1. The lowest BCUT2D eigenvalue weighted by atomic mass is 9.88. The first kappa shape index (κ1) is 23.6. The number of ether oxygens (including phenoxy) is 2. The highest BCUT2D eigenvalue weighted by atomic mass is 19.4. The fourth-order valence-corrected chi connectivity index (χ4v) is 4.03. The highest BCUT2D eigenvalue weighted by molar-refractivity contribution is 6.05. The predicted molar refractivity (Wildman–Crippen MR) is 119 cm³/mol. The molecule has 0 aromatic heterocycles. The summed E-state index contributed by atoms with van der Waals surface area (Å²) in [5.41, 5.74) is 0.133. The van der Waals surface area contributed by atoms with Crippen molar-refractivity contribution in [2.45, 2.75) is 32.0 Å². The van der Waals surface area contributed by atoms with Crippen molar-refractivity contribution < 1.29 is 37.3 Å². The van der Waals surface area contributed by atoms with Gasteiger partial charge in [-0.15, -0.1) is 0 Å². The van der Waals surface area contributed by atoms with E-state index < -0.39 is 23.2 Å². The summed E-state index contributed by atoms with van der Waals surface area (Å²) in [5, 5.41) is 12.0. The van der Waals surface area contributed by atoms with E-state index in [2.05, 4.69) is 5.32 Å². The zero-order valence-electron chi connectivity index (χ0n) is 18.5. The first-order chi connectivity index (χ1) is 16.0. The molecule has 2 amide bonds. The van der Waals surface area contributed by atoms with Crippen LogP contribution >= 0.6 is 0 Å². The summed E-state index contributed by atoms with van der Waals surface area (Å²) in [5.74, 6) is -0.291. The Morgan fingerprint density at radius 1 is 1.21 bits per heavy atom. The fraction of sp³-hybridized carbons (Fsp3) is 0.333. The van der Waals surface area contributed by atoms with E-state index in [-0.39, 0.29) is 31.4 Å². The smallest absolute Gasteiger partial charge is 0.416 e. The Balaban J connectivity index is 1.61. The lowest BCUT2D eigenvalue weighted by Crippen LogP contribution is -2.40. The van der Waals surface area contributed by atoms with Crippen LogP contribution in [-0.2, 0) is 15.8 Å². The molecule has 0 bridgehead atoms. The minimum absolute atomic E-state index is 0.0641. The van der Waals surface area contributed by atoms with Gasteiger partial charge in [0.1, 0.15) is 17.1 Å². The topological polar surface area (TPSA) is 88.1 Å². The molecule has 2 aliphatic rings. The number of nitrogens with one attached hydrogen (secondary N) is 1. The molecule has 0 saturated heterocycles. The molecule has 4 rings (SSSR count). The van der Waals surface area contributed by atoms with Crippen molar-refractivity contribution in [2.24, 2.45) is 0 Å². The number of aliphatic hydroxyl groups is 1. The number of rotatable bonds is 4. The maximum Gasteiger partial charge on any atom is 0.416 e. The van der Waals surface area contributed by atoms with Gasteiger partial charge < -0.3 is 24.8 Å². The summed E-state index contributed by atoms with van der Waals surface area (Å²) in [6, 6.07) is 8.00. The molecule has 2 aromatic carbocycles. The molecule has 0 unspecified atom stereocenters. The molecular formula is C24H23F3N2O5. The number of hydrogen-bond acceptors (Lipinski definition) is 5. The number of amides is 2. The molecule has 180 valence electrons. The third kappa shape index (κ3) is 4.86. The number of carbonyl (C=O) groups excluding carboxylic acids is 2. The van der Waals surface area contributed by atoms with Crippen LogP contribution in [0.25, 0.3) is 5.57 Å². The zero-order valence-corrected chi connectivity index (χ0v) is 18.5. The van der Waals surface area contributed by atoms with Crippen LogP contribution in [0, 0.1) is 0 Å². The summed E-state index contributed by atoms with van der Waals surface area (Å²) in [6.45, 7) is 3.18. The van der Waals surface area contributed by atoms with Gasteiger partial charge >= 0.3 is 6.18 Å². The van der Waals surface area contributed by atoms with E-state index in [0.717, 1.165) is 12.1 Å². The second-order valence-corrected chi connectivity index (χ2v) is 8.65. The van der Waals surface area contributed by atoms with Crippen LogP contribution in [0.4, 0.5) is 24.5 Å². The average molecular weight is 476 g/mol. The summed E-state index contributed by atoms with van der Waals surface area (Å²) in [7, 11) is 0. The van der Waals surface area contributed by atoms with Gasteiger partial charge in [0.15, 0.2) is 6.61 Å². The van der Waals surface area contributed by atoms with Crippen molar-refractivity contribution in [1.29, 1.82) is 0 Å². The molecule has 0 aliphatic carbocycles. The van der Waals surface area contributed by atoms with E-state index in [9.17, 15) is 27.9 Å². The summed E-state index contributed by atoms with van der Waals surface area (Å²) in [4.78, 5) is 26.3. The SMILES string of the molecule is CC1(C)CC(=CC(=O)Nc2ccc3c(c2)N(CCO)C(=O)CO3)c2ccc(C(F)(F)F)cc2O1. The van der Waals surface area contributed by atoms with Crippen LogP contribution < -0.4 is 19.7 Å². The molecule has 10 heteroatoms. The van der Waals surface area contributed by atoms with Crippen LogP contribution in [0.3, 0.4) is 0 Å². The van der Waals surface area contributed by atoms with Gasteiger partial charge in [-0.3, -0.25) is 9.59 Å². The standard InChI is InChI=1S/C24H23F3N2O5/c1-23(2)12-14(17-5-3-15(24(25,26)27)10-20(17)34-23)9-21(31)28-16-4-6-19-18(11-16)29(7-8-30)22(32)13-33-19/h3-6,9-11,30H,7-8,12-13H2,1-2H3,(H,28,31). The quantitative estimate of drug-likeness (QED) is 0.652. The third-order valence-electron chi connectivity index (χ3n) is 5.46. The molecule has 0 radical (unpaired) electrons. The normalized spacial score (nSPS) is 18.0. The Morgan fingerprint density at radius 3 is 2.68 bits per heavy atom. The maximum atomic E-state index is 13.1. The lowest BCUT2D eigenvalue weighted by Gasteiger charge is -2.34. The van der Waals surface area contributed by atoms with Crippen LogP contribution in [0.1, 0.15) is 31.4 Å². The van der Waals surface area contributed by atoms with Gasteiger partial charge in [0.05, 0.1) is 17.9 Å². The fourth-order valence-electron chi connectivity index (χ4n) is 4.03. The van der Waals surface area contributed by atoms with E-state index in [1.807, 2.05) is 0 Å². The highest BCUT2D eigenvalue weighted by Gasteiger charge is 2.35. The van der Waals surface area contributed by atoms with Gasteiger partial charge in [-0.05, 0) is 49.8 Å². The third-order valence-corrected chi connectivity index (χ3v) is 5.46. The summed E-state index contributed by atoms with van der Waals surface area (Å²) in [6.07, 6.45) is -2.86. The molecular weight excluding hydrogens is 453 g/mol. The molecule has 2 aromatic rings. The van der Waals surface area contributed by atoms with Crippen molar-refractivity contribution >= 4 is 28.8 Å². The zero-order chi connectivity index (χ0) is 24.7. The van der Waals surface area contributed by atoms with Crippen molar-refractivity contribution in [3.8, 4) is 11.5 Å². The molecule has 7 nitrogen and oxygen atoms in total. The van der Waals surface area contributed by atoms with E-state index >= 15 is 0 Å². The van der Waals surface area contributed by atoms with Crippen molar-refractivity contribution in [2.75, 3.05) is 30.0 Å². The maximum absolute atomic E-state index is 13.1. The second kappa shape index (κ2) is 8.68. The molecule has 0 fully saturated rings. The van der Waals surface area contributed by atoms with Crippen molar-refractivity contribution in [1.82, 2.24) is 0 Å². The number of benzene rings is 2. The van der Waals surface area contributed by atoms with Crippen molar-refractivity contribution in [3.05, 3.63) is 53.6 Å². The molecule has 34 heavy (non-hydrogen) atoms. The Kier molecular flexibility index (Phi) is 6.03. The number of alkyl halides is 3. The number of fused-ring (bicyclic) bond motifs is 2. The van der Waals surface area contributed by atoms with Gasteiger partial charge in [0, 0.05) is 30.3 Å². The Hall–Kier alpha value is -3.53. The number of carbonyl (C=O) groups is 2. The van der Waals surface area contributed by atoms with E-state index in [1.165, 1.54) is 17.0 Å². The van der Waals surface area contributed by atoms with Gasteiger partial charge in [-0.1, -0.05) is 6.07 Å². The largest absolute Gasteiger partial charge is 0.487 e. The van der Waals surface area contributed by atoms with Crippen molar-refractivity contribution in [3.63, 3.8) is 0 Å². The Bertz CT molecular complexity index is 1170. The Morgan fingerprint density at radius 2 is 1.97 bits per heavy atom. The molecule has 2 aliphatic heterocycles. The minimum Gasteiger partial charge on any atom is -0.487 e. The number of aliphatic hydroxyl groups excluding tert-OH is 1. The Labute approximate surface area is 193 Å². The van der Waals surface area contributed by atoms with E-state index in [0.29, 0.717) is 34.7 Å². The summed E-state index contributed by atoms with van der Waals surface area (Å²) < 4.78 is 50.6. The van der Waals surface area contributed by atoms with Gasteiger partial charge in [-0.2, -0.15) is 13.2 Å². The van der Waals surface area contributed by atoms with Gasteiger partial charge in [-0.25, -0.2) is 0 Å². The first-order valence-electron chi connectivity index (χ1n) is 10.6. The second-order valence-electron chi connectivity index (χ2n) is 8.65. The molecule has 2 heterocycles. The first-order valence-corrected chi connectivity index (χ1v) is 10.6. The predicted octanol–water partition coefficient (Wildman–Crippen LogP) is 4.01. The molecule has 0 saturated carbocycles. The summed E-state index contributed by atoms with van der Waals surface area (Å²) >= 11 is 0. The number of anilines is 2. The minimum atomic E-state index is -4.51. The number of halogens is 3. The van der Waals surface area contributed by atoms with E-state index in [1.54, 1.807) is 32.0 Å². The number of nitrogens with zero attached hydrogens (tertiary/aromatic N) is 1. The van der Waals surface area contributed by atoms with Gasteiger partial charge in [0.2, 0.25) is 5.91 Å². The number of hydrogen-bond donors (Lipinski definition) is 2. The average Bonchev–Trinajstić information content (AvgIpc) is 2.74. The van der Waals surface area contributed by atoms with Crippen LogP contribution in [0.5, 0.6) is 11.5 Å². The molecule has 0 atom stereocenters. The van der Waals surface area contributed by atoms with E-state index in [4.69, 9.17) is 9.47 Å². The van der Waals surface area contributed by atoms with Crippen LogP contribution in [-0.4, -0.2) is 42.3 Å². The van der Waals surface area contributed by atoms with Crippen LogP contribution in [0.15, 0.2) is 42.5 Å². The van der Waals surface area contributed by atoms with Gasteiger partial charge in [0.25, 0.3) is 5.91 Å². The highest BCUT2D eigenvalue weighted by Crippen LogP contribution is 2.43. The van der Waals surface area contributed by atoms with Crippen LogP contribution in [0.2, 0.25) is 0 Å².